The van der Waals surface area contributed by atoms with Crippen molar-refractivity contribution in [3.8, 4) is 0 Å². The van der Waals surface area contributed by atoms with Crippen molar-refractivity contribution < 1.29 is 4.79 Å². The first kappa shape index (κ1) is 14.1. The highest BCUT2D eigenvalue weighted by Gasteiger charge is 2.49. The molecule has 0 aliphatic carbocycles. The second-order valence-corrected chi connectivity index (χ2v) is 6.75. The van der Waals surface area contributed by atoms with Gasteiger partial charge in [0, 0.05) is 16.1 Å². The zero-order chi connectivity index (χ0) is 15.7. The van der Waals surface area contributed by atoms with Crippen LogP contribution >= 0.6 is 11.8 Å². The van der Waals surface area contributed by atoms with E-state index >= 15 is 0 Å². The number of anilines is 1. The molecule has 0 saturated carbocycles. The van der Waals surface area contributed by atoms with Crippen molar-refractivity contribution in [1.29, 1.82) is 0 Å². The maximum absolute atomic E-state index is 13.0. The molecule has 3 aromatic rings. The number of thioether (sulfide) groups is 1. The third-order valence-corrected chi connectivity index (χ3v) is 5.52. The molecular weight excluding hydrogens is 302 g/mol. The smallest absolute Gasteiger partial charge is 0.250 e. The lowest BCUT2D eigenvalue weighted by Gasteiger charge is -2.27. The number of nitrogens with one attached hydrogen (secondary N) is 1. The van der Waals surface area contributed by atoms with Crippen LogP contribution in [0.25, 0.3) is 0 Å². The third-order valence-electron chi connectivity index (χ3n) is 4.07. The van der Waals surface area contributed by atoms with Crippen LogP contribution in [-0.2, 0) is 9.54 Å². The summed E-state index contributed by atoms with van der Waals surface area (Å²) in [6, 6.07) is 28.0. The van der Waals surface area contributed by atoms with Crippen LogP contribution in [0, 0.1) is 0 Å². The summed E-state index contributed by atoms with van der Waals surface area (Å²) in [6.07, 6.45) is 0. The Bertz CT molecular complexity index is 848. The molecule has 112 valence electrons. The number of carbonyl (C=O) groups is 1. The van der Waals surface area contributed by atoms with Crippen LogP contribution in [0.2, 0.25) is 0 Å². The Hall–Kier alpha value is -2.52. The monoisotopic (exact) mass is 317 g/mol. The number of amides is 1. The van der Waals surface area contributed by atoms with Gasteiger partial charge in [0.15, 0.2) is 4.75 Å². The summed E-state index contributed by atoms with van der Waals surface area (Å²) in [5.74, 6) is 0.0127. The Labute approximate surface area is 139 Å². The van der Waals surface area contributed by atoms with Gasteiger partial charge in [-0.3, -0.25) is 4.79 Å². The molecule has 3 heteroatoms. The van der Waals surface area contributed by atoms with Crippen LogP contribution in [-0.4, -0.2) is 5.91 Å². The van der Waals surface area contributed by atoms with Crippen molar-refractivity contribution >= 4 is 23.4 Å². The fourth-order valence-electron chi connectivity index (χ4n) is 3.02. The van der Waals surface area contributed by atoms with Crippen molar-refractivity contribution in [3.05, 3.63) is 96.1 Å². The molecule has 1 N–H and O–H groups in total. The lowest BCUT2D eigenvalue weighted by molar-refractivity contribution is -0.117. The number of rotatable bonds is 3. The van der Waals surface area contributed by atoms with Gasteiger partial charge in [-0.05, 0) is 23.8 Å². The lowest BCUT2D eigenvalue weighted by atomic mass is 9.91. The summed E-state index contributed by atoms with van der Waals surface area (Å²) < 4.78 is -0.751. The van der Waals surface area contributed by atoms with Crippen molar-refractivity contribution in [2.24, 2.45) is 0 Å². The predicted octanol–water partition coefficient (Wildman–Crippen LogP) is 4.67. The van der Waals surface area contributed by atoms with Crippen LogP contribution in [0.1, 0.15) is 11.1 Å². The van der Waals surface area contributed by atoms with Crippen molar-refractivity contribution in [3.63, 3.8) is 0 Å². The molecule has 23 heavy (non-hydrogen) atoms. The van der Waals surface area contributed by atoms with Gasteiger partial charge in [-0.2, -0.15) is 0 Å². The topological polar surface area (TPSA) is 29.1 Å². The summed E-state index contributed by atoms with van der Waals surface area (Å²) in [4.78, 5) is 14.1. The van der Waals surface area contributed by atoms with Gasteiger partial charge in [0.05, 0.1) is 0 Å². The van der Waals surface area contributed by atoms with Crippen LogP contribution in [0.5, 0.6) is 0 Å². The van der Waals surface area contributed by atoms with E-state index in [1.807, 2.05) is 84.9 Å². The second-order valence-electron chi connectivity index (χ2n) is 5.46. The number of carbonyl (C=O) groups excluding carboxylic acids is 1. The van der Waals surface area contributed by atoms with Crippen LogP contribution in [0.4, 0.5) is 5.69 Å². The van der Waals surface area contributed by atoms with E-state index in [2.05, 4.69) is 5.32 Å². The predicted molar refractivity (Wildman–Crippen MR) is 94.6 cm³/mol. The zero-order valence-corrected chi connectivity index (χ0v) is 13.2. The number of hydrogen-bond donors (Lipinski definition) is 1. The van der Waals surface area contributed by atoms with Gasteiger partial charge in [-0.25, -0.2) is 0 Å². The standard InChI is InChI=1S/C20H15NOS/c22-19-20(15-9-3-1-4-10-15,23-16-11-5-2-6-12-16)17-13-7-8-14-18(17)21-19/h1-14H,(H,21,22)/t20-/m1/s1. The van der Waals surface area contributed by atoms with Crippen LogP contribution < -0.4 is 5.32 Å². The van der Waals surface area contributed by atoms with Crippen LogP contribution in [0.3, 0.4) is 0 Å². The minimum atomic E-state index is -0.751. The minimum Gasteiger partial charge on any atom is -0.324 e. The van der Waals surface area contributed by atoms with E-state index in [-0.39, 0.29) is 5.91 Å². The SMILES string of the molecule is O=C1Nc2ccccc2[C@]1(Sc1ccccc1)c1ccccc1. The Morgan fingerprint density at radius 3 is 2.09 bits per heavy atom. The Morgan fingerprint density at radius 2 is 1.35 bits per heavy atom. The second kappa shape index (κ2) is 5.60. The average molecular weight is 317 g/mol. The molecule has 2 nitrogen and oxygen atoms in total. The highest BCUT2D eigenvalue weighted by molar-refractivity contribution is 8.01. The van der Waals surface area contributed by atoms with Crippen molar-refractivity contribution in [2.45, 2.75) is 9.64 Å². The average Bonchev–Trinajstić information content (AvgIpc) is 2.89. The summed E-state index contributed by atoms with van der Waals surface area (Å²) in [6.45, 7) is 0. The first-order valence-corrected chi connectivity index (χ1v) is 8.33. The zero-order valence-electron chi connectivity index (χ0n) is 12.4. The quantitative estimate of drug-likeness (QED) is 0.760. The molecule has 1 amide bonds. The van der Waals surface area contributed by atoms with Gasteiger partial charge < -0.3 is 5.32 Å². The molecule has 1 atom stereocenters. The van der Waals surface area contributed by atoms with E-state index in [1.54, 1.807) is 11.8 Å². The Morgan fingerprint density at radius 1 is 0.739 bits per heavy atom. The number of benzene rings is 3. The number of para-hydroxylation sites is 1. The molecule has 4 rings (SSSR count). The molecule has 0 fully saturated rings. The fourth-order valence-corrected chi connectivity index (χ4v) is 4.35. The molecule has 0 spiro atoms. The van der Waals surface area contributed by atoms with E-state index < -0.39 is 4.75 Å². The highest BCUT2D eigenvalue weighted by Crippen LogP contribution is 2.52. The number of fused-ring (bicyclic) bond motifs is 1. The van der Waals surface area contributed by atoms with Crippen LogP contribution in [0.15, 0.2) is 89.8 Å². The van der Waals surface area contributed by atoms with E-state index in [0.29, 0.717) is 0 Å². The Balaban J connectivity index is 1.94. The van der Waals surface area contributed by atoms with Gasteiger partial charge in [-0.15, -0.1) is 0 Å². The van der Waals surface area contributed by atoms with Gasteiger partial charge >= 0.3 is 0 Å². The van der Waals surface area contributed by atoms with Gasteiger partial charge in [0.25, 0.3) is 0 Å². The minimum absolute atomic E-state index is 0.0127. The lowest BCUT2D eigenvalue weighted by Crippen LogP contribution is -2.32. The molecule has 0 radical (unpaired) electrons. The van der Waals surface area contributed by atoms with Gasteiger partial charge in [0.1, 0.15) is 0 Å². The molecular formula is C20H15NOS. The summed E-state index contributed by atoms with van der Waals surface area (Å²) in [5.41, 5.74) is 2.91. The largest absolute Gasteiger partial charge is 0.324 e. The molecule has 0 aromatic heterocycles. The van der Waals surface area contributed by atoms with Gasteiger partial charge in [-0.1, -0.05) is 78.5 Å². The van der Waals surface area contributed by atoms with E-state index in [0.717, 1.165) is 21.7 Å². The first-order chi connectivity index (χ1) is 11.3. The van der Waals surface area contributed by atoms with E-state index in [4.69, 9.17) is 0 Å². The summed E-state index contributed by atoms with van der Waals surface area (Å²) in [5, 5.41) is 3.05. The van der Waals surface area contributed by atoms with E-state index in [9.17, 15) is 4.79 Å². The first-order valence-electron chi connectivity index (χ1n) is 7.51. The highest BCUT2D eigenvalue weighted by atomic mass is 32.2. The molecule has 0 saturated heterocycles. The molecule has 0 unspecified atom stereocenters. The molecule has 3 aromatic carbocycles. The van der Waals surface area contributed by atoms with Crippen molar-refractivity contribution in [1.82, 2.24) is 0 Å². The summed E-state index contributed by atoms with van der Waals surface area (Å²) in [7, 11) is 0. The summed E-state index contributed by atoms with van der Waals surface area (Å²) >= 11 is 1.59. The number of hydrogen-bond acceptors (Lipinski definition) is 2. The van der Waals surface area contributed by atoms with Crippen molar-refractivity contribution in [2.75, 3.05) is 5.32 Å². The molecule has 0 bridgehead atoms. The molecule has 1 heterocycles. The normalized spacial score (nSPS) is 19.2. The Kier molecular flexibility index (Phi) is 3.43. The fraction of sp³-hybridized carbons (Fsp3) is 0.0500. The molecule has 1 aliphatic heterocycles. The third kappa shape index (κ3) is 2.25. The maximum atomic E-state index is 13.0. The van der Waals surface area contributed by atoms with Gasteiger partial charge in [0.2, 0.25) is 5.91 Å². The van der Waals surface area contributed by atoms with E-state index in [1.165, 1.54) is 0 Å². The molecule has 1 aliphatic rings. The maximum Gasteiger partial charge on any atom is 0.250 e.